The van der Waals surface area contributed by atoms with Crippen molar-refractivity contribution in [2.75, 3.05) is 16.2 Å². The zero-order valence-electron chi connectivity index (χ0n) is 14.1. The van der Waals surface area contributed by atoms with Crippen LogP contribution in [0.15, 0.2) is 69.3 Å². The van der Waals surface area contributed by atoms with Gasteiger partial charge in [-0.15, -0.1) is 11.3 Å². The number of fused-ring (bicyclic) bond motifs is 1. The standard InChI is InChI=1S/C19H15BrN2O3S2/c20-15-4-1-2-6-18(15)27(24,25)21-14-7-8-16-13(12-14)9-10-22(16)19(23)17-5-3-11-26-17/h1-8,11-12,21H,9-10H2. The highest BCUT2D eigenvalue weighted by molar-refractivity contribution is 9.10. The zero-order valence-corrected chi connectivity index (χ0v) is 17.3. The molecule has 3 aromatic rings. The summed E-state index contributed by atoms with van der Waals surface area (Å²) >= 11 is 4.69. The van der Waals surface area contributed by atoms with E-state index in [9.17, 15) is 13.2 Å². The van der Waals surface area contributed by atoms with Crippen molar-refractivity contribution in [3.63, 3.8) is 0 Å². The fourth-order valence-electron chi connectivity index (χ4n) is 3.08. The fraction of sp³-hybridized carbons (Fsp3) is 0.105. The summed E-state index contributed by atoms with van der Waals surface area (Å²) in [6.45, 7) is 0.590. The summed E-state index contributed by atoms with van der Waals surface area (Å²) in [6.07, 6.45) is 0.692. The summed E-state index contributed by atoms with van der Waals surface area (Å²) in [5, 5.41) is 1.88. The van der Waals surface area contributed by atoms with Gasteiger partial charge in [-0.25, -0.2) is 8.42 Å². The van der Waals surface area contributed by atoms with Gasteiger partial charge in [0.15, 0.2) is 0 Å². The number of hydrogen-bond acceptors (Lipinski definition) is 4. The number of anilines is 2. The van der Waals surface area contributed by atoms with Crippen molar-refractivity contribution in [1.82, 2.24) is 0 Å². The van der Waals surface area contributed by atoms with Crippen LogP contribution in [-0.4, -0.2) is 20.9 Å². The number of rotatable bonds is 4. The highest BCUT2D eigenvalue weighted by atomic mass is 79.9. The van der Waals surface area contributed by atoms with E-state index in [4.69, 9.17) is 0 Å². The number of sulfonamides is 1. The number of benzene rings is 2. The molecular weight excluding hydrogens is 448 g/mol. The molecule has 1 amide bonds. The normalized spacial score (nSPS) is 13.4. The highest BCUT2D eigenvalue weighted by Crippen LogP contribution is 2.33. The minimum absolute atomic E-state index is 0.0229. The quantitative estimate of drug-likeness (QED) is 0.619. The minimum atomic E-state index is -3.70. The third-order valence-corrected chi connectivity index (χ3v) is 7.58. The number of hydrogen-bond donors (Lipinski definition) is 1. The predicted octanol–water partition coefficient (Wildman–Crippen LogP) is 4.51. The van der Waals surface area contributed by atoms with Crippen LogP contribution in [0, 0.1) is 0 Å². The van der Waals surface area contributed by atoms with Gasteiger partial charge in [0.25, 0.3) is 15.9 Å². The second-order valence-corrected chi connectivity index (χ2v) is 9.52. The molecule has 0 radical (unpaired) electrons. The Kier molecular flexibility index (Phi) is 4.79. The molecule has 2 aromatic carbocycles. The molecule has 0 fully saturated rings. The summed E-state index contributed by atoms with van der Waals surface area (Å²) in [5.41, 5.74) is 2.26. The van der Waals surface area contributed by atoms with E-state index in [1.54, 1.807) is 47.4 Å². The van der Waals surface area contributed by atoms with E-state index in [0.29, 0.717) is 28.0 Å². The lowest BCUT2D eigenvalue weighted by atomic mass is 10.1. The van der Waals surface area contributed by atoms with Crippen molar-refractivity contribution in [2.45, 2.75) is 11.3 Å². The second-order valence-electron chi connectivity index (χ2n) is 6.06. The fourth-order valence-corrected chi connectivity index (χ4v) is 5.81. The van der Waals surface area contributed by atoms with Crippen LogP contribution >= 0.6 is 27.3 Å². The first-order valence-electron chi connectivity index (χ1n) is 8.21. The van der Waals surface area contributed by atoms with Gasteiger partial charge < -0.3 is 4.90 Å². The average molecular weight is 463 g/mol. The van der Waals surface area contributed by atoms with E-state index in [0.717, 1.165) is 11.3 Å². The second kappa shape index (κ2) is 7.10. The van der Waals surface area contributed by atoms with Gasteiger partial charge >= 0.3 is 0 Å². The zero-order chi connectivity index (χ0) is 19.0. The molecule has 1 aliphatic heterocycles. The Labute approximate surface area is 169 Å². The maximum absolute atomic E-state index is 12.6. The predicted molar refractivity (Wildman–Crippen MR) is 111 cm³/mol. The molecule has 4 rings (SSSR count). The monoisotopic (exact) mass is 462 g/mol. The first-order valence-corrected chi connectivity index (χ1v) is 11.4. The molecule has 1 aliphatic rings. The topological polar surface area (TPSA) is 66.5 Å². The molecule has 1 aromatic heterocycles. The molecule has 0 saturated heterocycles. The van der Waals surface area contributed by atoms with Crippen molar-refractivity contribution in [1.29, 1.82) is 0 Å². The summed E-state index contributed by atoms with van der Waals surface area (Å²) in [5.74, 6) is -0.0229. The Morgan fingerprint density at radius 2 is 1.93 bits per heavy atom. The van der Waals surface area contributed by atoms with Crippen molar-refractivity contribution in [2.24, 2.45) is 0 Å². The molecule has 1 N–H and O–H groups in total. The lowest BCUT2D eigenvalue weighted by Gasteiger charge is -2.17. The molecule has 27 heavy (non-hydrogen) atoms. The first kappa shape index (κ1) is 18.2. The largest absolute Gasteiger partial charge is 0.307 e. The van der Waals surface area contributed by atoms with Gasteiger partial charge in [0.1, 0.15) is 4.90 Å². The van der Waals surface area contributed by atoms with Gasteiger partial charge in [-0.05, 0) is 69.7 Å². The maximum atomic E-state index is 12.6. The molecule has 0 spiro atoms. The Morgan fingerprint density at radius 1 is 1.11 bits per heavy atom. The number of nitrogens with one attached hydrogen (secondary N) is 1. The third-order valence-electron chi connectivity index (χ3n) is 4.33. The smallest absolute Gasteiger partial charge is 0.268 e. The minimum Gasteiger partial charge on any atom is -0.307 e. The van der Waals surface area contributed by atoms with Crippen LogP contribution in [0.3, 0.4) is 0 Å². The Bertz CT molecular complexity index is 1110. The SMILES string of the molecule is O=C(c1cccs1)N1CCc2cc(NS(=O)(=O)c3ccccc3Br)ccc21. The van der Waals surface area contributed by atoms with E-state index < -0.39 is 10.0 Å². The molecule has 0 aliphatic carbocycles. The van der Waals surface area contributed by atoms with Crippen molar-refractivity contribution < 1.29 is 13.2 Å². The van der Waals surface area contributed by atoms with Gasteiger partial charge in [0.2, 0.25) is 0 Å². The number of carbonyl (C=O) groups is 1. The van der Waals surface area contributed by atoms with Gasteiger partial charge in [-0.2, -0.15) is 0 Å². The van der Waals surface area contributed by atoms with Crippen LogP contribution in [0.5, 0.6) is 0 Å². The van der Waals surface area contributed by atoms with Crippen LogP contribution in [0.2, 0.25) is 0 Å². The number of amides is 1. The Morgan fingerprint density at radius 3 is 2.67 bits per heavy atom. The molecule has 2 heterocycles. The highest BCUT2D eigenvalue weighted by Gasteiger charge is 2.27. The van der Waals surface area contributed by atoms with Gasteiger partial charge in [-0.1, -0.05) is 18.2 Å². The summed E-state index contributed by atoms with van der Waals surface area (Å²) < 4.78 is 28.4. The van der Waals surface area contributed by atoms with Crippen LogP contribution in [-0.2, 0) is 16.4 Å². The number of nitrogens with zero attached hydrogens (tertiary/aromatic N) is 1. The van der Waals surface area contributed by atoms with E-state index in [1.807, 2.05) is 17.5 Å². The molecule has 138 valence electrons. The van der Waals surface area contributed by atoms with Crippen LogP contribution in [0.4, 0.5) is 11.4 Å². The third kappa shape index (κ3) is 3.52. The van der Waals surface area contributed by atoms with Crippen molar-refractivity contribution >= 4 is 54.6 Å². The van der Waals surface area contributed by atoms with Crippen molar-refractivity contribution in [3.05, 3.63) is 74.9 Å². The summed E-state index contributed by atoms with van der Waals surface area (Å²) in [7, 11) is -3.70. The Balaban J connectivity index is 1.60. The van der Waals surface area contributed by atoms with E-state index >= 15 is 0 Å². The van der Waals surface area contributed by atoms with Crippen LogP contribution < -0.4 is 9.62 Å². The maximum Gasteiger partial charge on any atom is 0.268 e. The lowest BCUT2D eigenvalue weighted by Crippen LogP contribution is -2.28. The molecule has 0 unspecified atom stereocenters. The first-order chi connectivity index (χ1) is 13.0. The molecule has 8 heteroatoms. The van der Waals surface area contributed by atoms with Crippen LogP contribution in [0.1, 0.15) is 15.2 Å². The van der Waals surface area contributed by atoms with E-state index in [-0.39, 0.29) is 10.8 Å². The molecule has 0 saturated carbocycles. The summed E-state index contributed by atoms with van der Waals surface area (Å²) in [4.78, 5) is 15.2. The van der Waals surface area contributed by atoms with Gasteiger partial charge in [0.05, 0.1) is 4.88 Å². The van der Waals surface area contributed by atoms with E-state index in [2.05, 4.69) is 20.7 Å². The van der Waals surface area contributed by atoms with E-state index in [1.165, 1.54) is 11.3 Å². The van der Waals surface area contributed by atoms with Crippen molar-refractivity contribution in [3.8, 4) is 0 Å². The van der Waals surface area contributed by atoms with Gasteiger partial charge in [0, 0.05) is 22.4 Å². The average Bonchev–Trinajstić information content (AvgIpc) is 3.31. The Hall–Kier alpha value is -2.16. The molecule has 5 nitrogen and oxygen atoms in total. The summed E-state index contributed by atoms with van der Waals surface area (Å²) in [6, 6.07) is 15.6. The molecular formula is C19H15BrN2O3S2. The lowest BCUT2D eigenvalue weighted by molar-refractivity contribution is 0.0993. The number of thiophene rings is 1. The number of halogens is 1. The number of carbonyl (C=O) groups excluding carboxylic acids is 1. The molecule has 0 bridgehead atoms. The van der Waals surface area contributed by atoms with Gasteiger partial charge in [-0.3, -0.25) is 9.52 Å². The molecule has 0 atom stereocenters. The van der Waals surface area contributed by atoms with Crippen LogP contribution in [0.25, 0.3) is 0 Å².